The Kier molecular flexibility index (Phi) is 5.40. The van der Waals surface area contributed by atoms with Crippen molar-refractivity contribution >= 4 is 48.3 Å². The van der Waals surface area contributed by atoms with Gasteiger partial charge in [-0.25, -0.2) is 9.38 Å². The van der Waals surface area contributed by atoms with Gasteiger partial charge in [0.05, 0.1) is 16.5 Å². The number of rotatable bonds is 4. The van der Waals surface area contributed by atoms with E-state index in [0.717, 1.165) is 15.5 Å². The minimum Gasteiger partial charge on any atom is -0.386 e. The standard InChI is InChI=1S/C22H18N5O6PS2/c28-16-17-13(10-31-34(30)33-17)32-20(16)27-18-15(24-22(27)36-14-7-4-8-35-14)19(29)26-9-12(23-21(26)25-18)11-5-2-1-3-6-11/h1-9,13,16-17,20,28,34H,10H2,(H,23,25)/t13?,16-,17+,20+/m0/s1. The third-order valence-corrected chi connectivity index (χ3v) is 9.03. The summed E-state index contributed by atoms with van der Waals surface area (Å²) >= 11 is 2.86. The normalized spacial score (nSPS) is 26.1. The lowest BCUT2D eigenvalue weighted by atomic mass is 10.1. The summed E-state index contributed by atoms with van der Waals surface area (Å²) in [6.45, 7) is 0.0352. The van der Waals surface area contributed by atoms with Crippen LogP contribution in [-0.2, 0) is 18.3 Å². The fraction of sp³-hybridized carbons (Fsp3) is 0.227. The van der Waals surface area contributed by atoms with Gasteiger partial charge in [-0.1, -0.05) is 36.4 Å². The number of aliphatic hydroxyl groups is 1. The van der Waals surface area contributed by atoms with E-state index >= 15 is 0 Å². The van der Waals surface area contributed by atoms with Gasteiger partial charge in [-0.15, -0.1) is 11.3 Å². The van der Waals surface area contributed by atoms with Crippen molar-refractivity contribution in [3.8, 4) is 11.3 Å². The summed E-state index contributed by atoms with van der Waals surface area (Å²) in [4.78, 5) is 26.1. The van der Waals surface area contributed by atoms with Crippen molar-refractivity contribution in [2.45, 2.75) is 33.9 Å². The molecule has 5 atom stereocenters. The monoisotopic (exact) mass is 543 g/mol. The van der Waals surface area contributed by atoms with E-state index in [2.05, 4.69) is 9.97 Å². The molecule has 2 aliphatic heterocycles. The second kappa shape index (κ2) is 8.67. The average Bonchev–Trinajstić information content (AvgIpc) is 3.67. The number of nitrogens with zero attached hydrogens (tertiary/aromatic N) is 4. The summed E-state index contributed by atoms with van der Waals surface area (Å²) in [5, 5.41) is 13.5. The van der Waals surface area contributed by atoms with E-state index in [1.54, 1.807) is 10.8 Å². The number of H-pyrrole nitrogens is 1. The Balaban J connectivity index is 1.41. The largest absolute Gasteiger partial charge is 0.386 e. The first-order valence-electron chi connectivity index (χ1n) is 11.0. The van der Waals surface area contributed by atoms with Crippen molar-refractivity contribution in [3.63, 3.8) is 0 Å². The first-order valence-corrected chi connectivity index (χ1v) is 14.0. The summed E-state index contributed by atoms with van der Waals surface area (Å²) in [5.74, 6) is 0.328. The quantitative estimate of drug-likeness (QED) is 0.328. The minimum atomic E-state index is -2.71. The number of benzene rings is 1. The van der Waals surface area contributed by atoms with Gasteiger partial charge in [-0.3, -0.25) is 13.9 Å². The molecule has 0 bridgehead atoms. The molecule has 7 rings (SSSR count). The van der Waals surface area contributed by atoms with Crippen LogP contribution < -0.4 is 5.56 Å². The van der Waals surface area contributed by atoms with Crippen LogP contribution in [0.4, 0.5) is 0 Å². The third kappa shape index (κ3) is 3.58. The maximum atomic E-state index is 13.5. The smallest absolute Gasteiger partial charge is 0.319 e. The number of thiophene rings is 1. The Labute approximate surface area is 211 Å². The van der Waals surface area contributed by atoms with E-state index in [9.17, 15) is 14.5 Å². The Morgan fingerprint density at radius 1 is 1.19 bits per heavy atom. The summed E-state index contributed by atoms with van der Waals surface area (Å²) in [6, 6.07) is 13.5. The van der Waals surface area contributed by atoms with Crippen molar-refractivity contribution < 1.29 is 23.5 Å². The van der Waals surface area contributed by atoms with Crippen molar-refractivity contribution in [2.75, 3.05) is 6.61 Å². The number of aliphatic hydroxyl groups excluding tert-OH is 1. The Morgan fingerprint density at radius 3 is 2.86 bits per heavy atom. The van der Waals surface area contributed by atoms with Crippen LogP contribution in [0.15, 0.2) is 68.2 Å². The van der Waals surface area contributed by atoms with Crippen LogP contribution in [0.3, 0.4) is 0 Å². The number of aromatic nitrogens is 5. The van der Waals surface area contributed by atoms with E-state index in [-0.39, 0.29) is 23.3 Å². The van der Waals surface area contributed by atoms with Gasteiger partial charge in [0.25, 0.3) is 5.56 Å². The van der Waals surface area contributed by atoms with Gasteiger partial charge in [0.15, 0.2) is 22.5 Å². The summed E-state index contributed by atoms with van der Waals surface area (Å²) in [7, 11) is -2.71. The van der Waals surface area contributed by atoms with Crippen LogP contribution in [0.5, 0.6) is 0 Å². The van der Waals surface area contributed by atoms with Crippen molar-refractivity contribution in [1.29, 1.82) is 0 Å². The Bertz CT molecular complexity index is 1670. The molecule has 2 N–H and O–H groups in total. The van der Waals surface area contributed by atoms with Gasteiger partial charge in [0, 0.05) is 6.20 Å². The molecule has 0 amide bonds. The van der Waals surface area contributed by atoms with Crippen LogP contribution in [0.1, 0.15) is 6.23 Å². The third-order valence-electron chi connectivity index (χ3n) is 6.15. The average molecular weight is 544 g/mol. The number of nitrogens with one attached hydrogen (secondary N) is 1. The molecular weight excluding hydrogens is 525 g/mol. The van der Waals surface area contributed by atoms with Gasteiger partial charge in [0.1, 0.15) is 18.3 Å². The Hall–Kier alpha value is -2.77. The summed E-state index contributed by atoms with van der Waals surface area (Å²) in [6.07, 6.45) is -1.89. The number of hydrogen-bond acceptors (Lipinski definition) is 10. The second-order valence-corrected chi connectivity index (χ2v) is 11.6. The highest BCUT2D eigenvalue weighted by Crippen LogP contribution is 2.45. The molecule has 14 heteroatoms. The number of aromatic amines is 1. The molecule has 2 aliphatic rings. The predicted molar refractivity (Wildman–Crippen MR) is 133 cm³/mol. The zero-order valence-corrected chi connectivity index (χ0v) is 20.9. The predicted octanol–water partition coefficient (Wildman–Crippen LogP) is 3.32. The lowest BCUT2D eigenvalue weighted by Crippen LogP contribution is -2.37. The molecule has 36 heavy (non-hydrogen) atoms. The topological polar surface area (TPSA) is 133 Å². The van der Waals surface area contributed by atoms with Crippen molar-refractivity contribution in [3.05, 3.63) is 64.4 Å². The number of imidazole rings is 2. The minimum absolute atomic E-state index is 0.0352. The molecule has 6 heterocycles. The first-order chi connectivity index (χ1) is 17.6. The van der Waals surface area contributed by atoms with Crippen LogP contribution in [0.25, 0.3) is 28.2 Å². The van der Waals surface area contributed by atoms with Gasteiger partial charge < -0.3 is 23.9 Å². The molecule has 2 unspecified atom stereocenters. The SMILES string of the molecule is O=c1c2nc(Sc3cccs3)n([C@@H]3OC4CO[PH](=O)O[C@H]4[C@@H]3O)c2nc2[nH]c(-c3ccccc3)cn12. The molecule has 0 radical (unpaired) electrons. The van der Waals surface area contributed by atoms with E-state index in [0.29, 0.717) is 10.9 Å². The zero-order chi connectivity index (χ0) is 24.4. The molecule has 0 spiro atoms. The molecule has 0 aliphatic carbocycles. The van der Waals surface area contributed by atoms with Crippen molar-refractivity contribution in [2.24, 2.45) is 0 Å². The highest BCUT2D eigenvalue weighted by Gasteiger charge is 2.50. The maximum absolute atomic E-state index is 13.5. The molecule has 0 saturated carbocycles. The highest BCUT2D eigenvalue weighted by atomic mass is 32.2. The number of hydrogen-bond donors (Lipinski definition) is 2. The summed E-state index contributed by atoms with van der Waals surface area (Å²) in [5.41, 5.74) is 1.68. The van der Waals surface area contributed by atoms with Gasteiger partial charge in [-0.05, 0) is 28.8 Å². The molecule has 5 aromatic rings. The molecule has 184 valence electrons. The highest BCUT2D eigenvalue weighted by molar-refractivity contribution is 8.01. The molecule has 1 aromatic carbocycles. The lowest BCUT2D eigenvalue weighted by molar-refractivity contribution is -0.0583. The van der Waals surface area contributed by atoms with E-state index < -0.39 is 32.8 Å². The van der Waals surface area contributed by atoms with Gasteiger partial charge >= 0.3 is 8.25 Å². The van der Waals surface area contributed by atoms with Crippen LogP contribution in [0.2, 0.25) is 0 Å². The van der Waals surface area contributed by atoms with Gasteiger partial charge in [0.2, 0.25) is 5.78 Å². The van der Waals surface area contributed by atoms with Crippen LogP contribution in [-0.4, -0.2) is 53.9 Å². The number of ether oxygens (including phenoxy) is 1. The van der Waals surface area contributed by atoms with Crippen LogP contribution in [0, 0.1) is 0 Å². The number of fused-ring (bicyclic) bond motifs is 3. The first kappa shape index (κ1) is 22.4. The van der Waals surface area contributed by atoms with E-state index in [1.807, 2.05) is 47.8 Å². The molecular formula is C22H18N5O6PS2. The molecule has 2 saturated heterocycles. The second-order valence-electron chi connectivity index (χ2n) is 8.31. The molecule has 11 nitrogen and oxygen atoms in total. The molecule has 4 aromatic heterocycles. The van der Waals surface area contributed by atoms with E-state index in [4.69, 9.17) is 18.8 Å². The fourth-order valence-corrected chi connectivity index (χ4v) is 7.16. The Morgan fingerprint density at radius 2 is 2.06 bits per heavy atom. The molecule has 2 fully saturated rings. The summed E-state index contributed by atoms with van der Waals surface area (Å²) < 4.78 is 32.4. The lowest BCUT2D eigenvalue weighted by Gasteiger charge is -2.24. The fourth-order valence-electron chi connectivity index (χ4n) is 4.49. The van der Waals surface area contributed by atoms with Crippen molar-refractivity contribution in [1.82, 2.24) is 23.9 Å². The zero-order valence-electron chi connectivity index (χ0n) is 18.3. The van der Waals surface area contributed by atoms with Gasteiger partial charge in [-0.2, -0.15) is 4.98 Å². The maximum Gasteiger partial charge on any atom is 0.319 e. The van der Waals surface area contributed by atoms with E-state index in [1.165, 1.54) is 27.5 Å². The van der Waals surface area contributed by atoms with Crippen LogP contribution >= 0.6 is 31.4 Å².